The number of hydrogen-bond donors (Lipinski definition) is 2. The van der Waals surface area contributed by atoms with Gasteiger partial charge in [0, 0.05) is 31.8 Å². The predicted octanol–water partition coefficient (Wildman–Crippen LogP) is -0.339. The molecule has 1 fully saturated rings. The summed E-state index contributed by atoms with van der Waals surface area (Å²) in [5, 5.41) is 12.1. The summed E-state index contributed by atoms with van der Waals surface area (Å²) in [6.45, 7) is 4.58. The van der Waals surface area contributed by atoms with E-state index in [9.17, 15) is 0 Å². The Bertz CT molecular complexity index is 117. The maximum Gasteiger partial charge on any atom is 0.0446 e. The van der Waals surface area contributed by atoms with Gasteiger partial charge in [0.1, 0.15) is 0 Å². The van der Waals surface area contributed by atoms with Gasteiger partial charge in [0.05, 0.1) is 0 Å². The Morgan fingerprint density at radius 1 is 1.55 bits per heavy atom. The monoisotopic (exact) mass is 158 g/mol. The van der Waals surface area contributed by atoms with Gasteiger partial charge in [-0.15, -0.1) is 0 Å². The lowest BCUT2D eigenvalue weighted by Crippen LogP contribution is -2.54. The number of rotatable bonds is 2. The van der Waals surface area contributed by atoms with E-state index in [2.05, 4.69) is 24.2 Å². The van der Waals surface area contributed by atoms with E-state index in [1.807, 2.05) is 0 Å². The van der Waals surface area contributed by atoms with Gasteiger partial charge >= 0.3 is 0 Å². The van der Waals surface area contributed by atoms with Gasteiger partial charge in [-0.25, -0.2) is 0 Å². The van der Waals surface area contributed by atoms with E-state index in [0.29, 0.717) is 18.7 Å². The predicted molar refractivity (Wildman–Crippen MR) is 45.6 cm³/mol. The smallest absolute Gasteiger partial charge is 0.0446 e. The van der Waals surface area contributed by atoms with E-state index in [1.54, 1.807) is 0 Å². The Morgan fingerprint density at radius 3 is 2.91 bits per heavy atom. The molecule has 0 aromatic carbocycles. The van der Waals surface area contributed by atoms with E-state index in [4.69, 9.17) is 5.11 Å². The highest BCUT2D eigenvalue weighted by Gasteiger charge is 2.22. The molecule has 2 unspecified atom stereocenters. The van der Waals surface area contributed by atoms with Crippen molar-refractivity contribution in [3.63, 3.8) is 0 Å². The first-order valence-corrected chi connectivity index (χ1v) is 4.29. The van der Waals surface area contributed by atoms with Crippen LogP contribution >= 0.6 is 0 Å². The third-order valence-corrected chi connectivity index (χ3v) is 2.55. The number of aliphatic hydroxyl groups excluding tert-OH is 1. The highest BCUT2D eigenvalue weighted by atomic mass is 16.3. The Labute approximate surface area is 68.4 Å². The van der Waals surface area contributed by atoms with E-state index < -0.39 is 0 Å². The Balaban J connectivity index is 2.38. The summed E-state index contributed by atoms with van der Waals surface area (Å²) in [5.74, 6) is 0. The molecule has 1 aliphatic heterocycles. The maximum absolute atomic E-state index is 8.77. The van der Waals surface area contributed by atoms with Crippen molar-refractivity contribution in [1.29, 1.82) is 0 Å². The lowest BCUT2D eigenvalue weighted by atomic mass is 10.1. The van der Waals surface area contributed by atoms with Gasteiger partial charge in [-0.05, 0) is 20.4 Å². The summed E-state index contributed by atoms with van der Waals surface area (Å²) in [5.41, 5.74) is 0. The van der Waals surface area contributed by atoms with Gasteiger partial charge in [-0.2, -0.15) is 0 Å². The lowest BCUT2D eigenvalue weighted by Gasteiger charge is -2.38. The third kappa shape index (κ3) is 2.15. The number of hydrogen-bond acceptors (Lipinski definition) is 3. The van der Waals surface area contributed by atoms with Gasteiger partial charge in [0.2, 0.25) is 0 Å². The molecule has 0 aliphatic carbocycles. The molecule has 66 valence electrons. The minimum absolute atomic E-state index is 0.295. The van der Waals surface area contributed by atoms with E-state index in [1.165, 1.54) is 0 Å². The van der Waals surface area contributed by atoms with Gasteiger partial charge in [0.15, 0.2) is 0 Å². The van der Waals surface area contributed by atoms with E-state index >= 15 is 0 Å². The minimum atomic E-state index is 0.295. The molecule has 0 amide bonds. The number of nitrogens with zero attached hydrogens (tertiary/aromatic N) is 1. The van der Waals surface area contributed by atoms with Crippen molar-refractivity contribution in [1.82, 2.24) is 10.2 Å². The highest BCUT2D eigenvalue weighted by molar-refractivity contribution is 4.82. The standard InChI is InChI=1S/C8H18N2O/c1-7-5-9-6-8(3-4-11)10(7)2/h7-9,11H,3-6H2,1-2H3. The Kier molecular flexibility index (Phi) is 3.30. The molecule has 1 heterocycles. The van der Waals surface area contributed by atoms with E-state index in [-0.39, 0.29) is 0 Å². The van der Waals surface area contributed by atoms with Crippen molar-refractivity contribution in [3.05, 3.63) is 0 Å². The quantitative estimate of drug-likeness (QED) is 0.577. The van der Waals surface area contributed by atoms with Gasteiger partial charge in [0.25, 0.3) is 0 Å². The molecular weight excluding hydrogens is 140 g/mol. The molecule has 0 saturated carbocycles. The van der Waals surface area contributed by atoms with Crippen LogP contribution in [0.25, 0.3) is 0 Å². The summed E-state index contributed by atoms with van der Waals surface area (Å²) >= 11 is 0. The van der Waals surface area contributed by atoms with Crippen molar-refractivity contribution in [3.8, 4) is 0 Å². The molecule has 2 atom stereocenters. The van der Waals surface area contributed by atoms with Crippen molar-refractivity contribution in [2.24, 2.45) is 0 Å². The van der Waals surface area contributed by atoms with Crippen LogP contribution in [0.5, 0.6) is 0 Å². The first kappa shape index (κ1) is 8.97. The lowest BCUT2D eigenvalue weighted by molar-refractivity contribution is 0.115. The zero-order valence-electron chi connectivity index (χ0n) is 7.38. The molecule has 3 nitrogen and oxygen atoms in total. The second-order valence-corrected chi connectivity index (χ2v) is 3.34. The van der Waals surface area contributed by atoms with Gasteiger partial charge in [-0.3, -0.25) is 4.90 Å². The highest BCUT2D eigenvalue weighted by Crippen LogP contribution is 2.08. The normalized spacial score (nSPS) is 34.1. The molecule has 1 rings (SSSR count). The molecule has 11 heavy (non-hydrogen) atoms. The molecule has 0 spiro atoms. The summed E-state index contributed by atoms with van der Waals surface area (Å²) in [6, 6.07) is 1.11. The molecule has 1 aliphatic rings. The van der Waals surface area contributed by atoms with Crippen LogP contribution in [0.3, 0.4) is 0 Å². The zero-order chi connectivity index (χ0) is 8.27. The Morgan fingerprint density at radius 2 is 2.27 bits per heavy atom. The van der Waals surface area contributed by atoms with Crippen LogP contribution in [0.1, 0.15) is 13.3 Å². The molecule has 0 radical (unpaired) electrons. The number of piperazine rings is 1. The average molecular weight is 158 g/mol. The molecule has 2 N–H and O–H groups in total. The zero-order valence-corrected chi connectivity index (χ0v) is 7.38. The largest absolute Gasteiger partial charge is 0.396 e. The molecular formula is C8H18N2O. The van der Waals surface area contributed by atoms with Gasteiger partial charge in [-0.1, -0.05) is 0 Å². The number of aliphatic hydroxyl groups is 1. The molecule has 0 aromatic heterocycles. The first-order valence-electron chi connectivity index (χ1n) is 4.29. The molecule has 1 saturated heterocycles. The fourth-order valence-corrected chi connectivity index (χ4v) is 1.56. The molecule has 3 heteroatoms. The van der Waals surface area contributed by atoms with Gasteiger partial charge < -0.3 is 10.4 Å². The molecule has 0 aromatic rings. The van der Waals surface area contributed by atoms with Crippen LogP contribution in [0.15, 0.2) is 0 Å². The van der Waals surface area contributed by atoms with Crippen LogP contribution in [0, 0.1) is 0 Å². The SMILES string of the molecule is CC1CNCC(CCO)N1C. The van der Waals surface area contributed by atoms with Crippen LogP contribution in [0.2, 0.25) is 0 Å². The van der Waals surface area contributed by atoms with Crippen LogP contribution in [0.4, 0.5) is 0 Å². The van der Waals surface area contributed by atoms with Crippen LogP contribution in [-0.4, -0.2) is 48.8 Å². The maximum atomic E-state index is 8.77. The van der Waals surface area contributed by atoms with Crippen molar-refractivity contribution in [2.45, 2.75) is 25.4 Å². The summed E-state index contributed by atoms with van der Waals surface area (Å²) in [7, 11) is 2.13. The second-order valence-electron chi connectivity index (χ2n) is 3.34. The summed E-state index contributed by atoms with van der Waals surface area (Å²) in [6.07, 6.45) is 0.883. The van der Waals surface area contributed by atoms with Crippen molar-refractivity contribution >= 4 is 0 Å². The Hall–Kier alpha value is -0.120. The second kappa shape index (κ2) is 4.04. The number of nitrogens with one attached hydrogen (secondary N) is 1. The molecule has 0 bridgehead atoms. The van der Waals surface area contributed by atoms with E-state index in [0.717, 1.165) is 19.5 Å². The summed E-state index contributed by atoms with van der Waals surface area (Å²) < 4.78 is 0. The number of likely N-dealkylation sites (N-methyl/N-ethyl adjacent to an activating group) is 1. The fourth-order valence-electron chi connectivity index (χ4n) is 1.56. The van der Waals surface area contributed by atoms with Crippen molar-refractivity contribution < 1.29 is 5.11 Å². The topological polar surface area (TPSA) is 35.5 Å². The minimum Gasteiger partial charge on any atom is -0.396 e. The average Bonchev–Trinajstić information content (AvgIpc) is 1.99. The first-order chi connectivity index (χ1) is 5.25. The van der Waals surface area contributed by atoms with Crippen molar-refractivity contribution in [2.75, 3.05) is 26.7 Å². The third-order valence-electron chi connectivity index (χ3n) is 2.55. The van der Waals surface area contributed by atoms with Crippen LogP contribution < -0.4 is 5.32 Å². The van der Waals surface area contributed by atoms with Crippen LogP contribution in [-0.2, 0) is 0 Å². The summed E-state index contributed by atoms with van der Waals surface area (Å²) in [4.78, 5) is 2.34. The fraction of sp³-hybridized carbons (Fsp3) is 1.00.